The monoisotopic (exact) mass is 289 g/mol. The molecule has 1 aliphatic heterocycles. The van der Waals surface area contributed by atoms with Gasteiger partial charge < -0.3 is 5.11 Å². The molecule has 1 aromatic heterocycles. The van der Waals surface area contributed by atoms with Crippen LogP contribution in [-0.4, -0.2) is 36.4 Å². The number of aryl methyl sites for hydroxylation is 2. The van der Waals surface area contributed by atoms with E-state index in [9.17, 15) is 13.2 Å². The topological polar surface area (TPSA) is 74.7 Å². The van der Waals surface area contributed by atoms with E-state index in [0.29, 0.717) is 17.7 Å². The summed E-state index contributed by atoms with van der Waals surface area (Å²) in [6.45, 7) is 3.87. The molecule has 1 saturated heterocycles. The highest BCUT2D eigenvalue weighted by Gasteiger charge is 2.40. The minimum Gasteiger partial charge on any atom is -0.480 e. The fourth-order valence-corrected chi connectivity index (χ4v) is 5.44. The molecular formula is C11H15NO4S2. The highest BCUT2D eigenvalue weighted by molar-refractivity contribution is 7.89. The first kappa shape index (κ1) is 13.5. The van der Waals surface area contributed by atoms with Crippen molar-refractivity contribution in [2.24, 2.45) is 0 Å². The fraction of sp³-hybridized carbons (Fsp3) is 0.545. The average molecular weight is 289 g/mol. The maximum Gasteiger partial charge on any atom is 0.322 e. The third-order valence-electron chi connectivity index (χ3n) is 3.07. The Balaban J connectivity index is 2.43. The molecule has 1 aliphatic rings. The summed E-state index contributed by atoms with van der Waals surface area (Å²) in [5, 5.41) is 9.06. The van der Waals surface area contributed by atoms with Crippen LogP contribution in [0, 0.1) is 13.8 Å². The molecular weight excluding hydrogens is 274 g/mol. The molecule has 7 heteroatoms. The van der Waals surface area contributed by atoms with Crippen molar-refractivity contribution in [3.8, 4) is 0 Å². The zero-order valence-electron chi connectivity index (χ0n) is 10.2. The summed E-state index contributed by atoms with van der Waals surface area (Å²) in [6.07, 6.45) is 0.981. The van der Waals surface area contributed by atoms with Crippen LogP contribution in [0.4, 0.5) is 0 Å². The second-order valence-electron chi connectivity index (χ2n) is 4.39. The smallest absolute Gasteiger partial charge is 0.322 e. The number of thiophene rings is 1. The van der Waals surface area contributed by atoms with Crippen molar-refractivity contribution in [2.45, 2.75) is 37.6 Å². The van der Waals surface area contributed by atoms with Crippen molar-refractivity contribution in [1.82, 2.24) is 4.31 Å². The summed E-state index contributed by atoms with van der Waals surface area (Å²) < 4.78 is 26.0. The van der Waals surface area contributed by atoms with E-state index in [1.807, 2.05) is 6.92 Å². The standard InChI is InChI=1S/C11H15NO4S2/c1-7-6-10(8(2)17-7)18(15,16)12-5-3-4-9(12)11(13)14/h6,9H,3-5H2,1-2H3,(H,13,14)/t9-/m0/s1. The van der Waals surface area contributed by atoms with Crippen molar-refractivity contribution in [3.05, 3.63) is 15.8 Å². The lowest BCUT2D eigenvalue weighted by molar-refractivity contribution is -0.140. The molecule has 0 amide bonds. The van der Waals surface area contributed by atoms with Crippen molar-refractivity contribution >= 4 is 27.3 Å². The molecule has 1 atom stereocenters. The Kier molecular flexibility index (Phi) is 3.48. The van der Waals surface area contributed by atoms with Crippen LogP contribution in [0.3, 0.4) is 0 Å². The van der Waals surface area contributed by atoms with Crippen molar-refractivity contribution in [3.63, 3.8) is 0 Å². The molecule has 0 saturated carbocycles. The van der Waals surface area contributed by atoms with Gasteiger partial charge in [-0.2, -0.15) is 4.31 Å². The molecule has 0 bridgehead atoms. The quantitative estimate of drug-likeness (QED) is 0.917. The molecule has 0 unspecified atom stereocenters. The van der Waals surface area contributed by atoms with Gasteiger partial charge in [0.25, 0.3) is 0 Å². The van der Waals surface area contributed by atoms with Crippen LogP contribution in [-0.2, 0) is 14.8 Å². The van der Waals surface area contributed by atoms with Gasteiger partial charge in [-0.15, -0.1) is 11.3 Å². The number of hydrogen-bond acceptors (Lipinski definition) is 4. The highest BCUT2D eigenvalue weighted by atomic mass is 32.2. The van der Waals surface area contributed by atoms with Crippen molar-refractivity contribution in [2.75, 3.05) is 6.54 Å². The summed E-state index contributed by atoms with van der Waals surface area (Å²) >= 11 is 1.41. The predicted molar refractivity (Wildman–Crippen MR) is 68.3 cm³/mol. The first-order chi connectivity index (χ1) is 8.34. The molecule has 0 aromatic carbocycles. The van der Waals surface area contributed by atoms with Gasteiger partial charge in [-0.25, -0.2) is 8.42 Å². The Morgan fingerprint density at radius 2 is 2.17 bits per heavy atom. The van der Waals surface area contributed by atoms with E-state index in [2.05, 4.69) is 0 Å². The second kappa shape index (κ2) is 4.64. The number of rotatable bonds is 3. The maximum atomic E-state index is 12.5. The Bertz CT molecular complexity index is 576. The zero-order valence-corrected chi connectivity index (χ0v) is 11.8. The summed E-state index contributed by atoms with van der Waals surface area (Å²) in [4.78, 5) is 13.0. The van der Waals surface area contributed by atoms with Crippen LogP contribution in [0.5, 0.6) is 0 Å². The van der Waals surface area contributed by atoms with Gasteiger partial charge in [-0.05, 0) is 32.8 Å². The van der Waals surface area contributed by atoms with Crippen LogP contribution in [0.25, 0.3) is 0 Å². The van der Waals surface area contributed by atoms with Crippen LogP contribution in [0.2, 0.25) is 0 Å². The average Bonchev–Trinajstić information content (AvgIpc) is 2.84. The van der Waals surface area contributed by atoms with E-state index < -0.39 is 22.0 Å². The van der Waals surface area contributed by atoms with Gasteiger partial charge in [0.15, 0.2) is 0 Å². The van der Waals surface area contributed by atoms with Gasteiger partial charge in [0.05, 0.1) is 4.90 Å². The molecule has 18 heavy (non-hydrogen) atoms. The molecule has 100 valence electrons. The van der Waals surface area contributed by atoms with Crippen LogP contribution in [0.1, 0.15) is 22.6 Å². The van der Waals surface area contributed by atoms with Gasteiger partial charge in [-0.1, -0.05) is 0 Å². The van der Waals surface area contributed by atoms with Gasteiger partial charge in [0.2, 0.25) is 10.0 Å². The molecule has 2 heterocycles. The summed E-state index contributed by atoms with van der Waals surface area (Å²) in [7, 11) is -3.68. The molecule has 1 fully saturated rings. The van der Waals surface area contributed by atoms with E-state index >= 15 is 0 Å². The summed E-state index contributed by atoms with van der Waals surface area (Å²) in [5.74, 6) is -1.07. The Labute approximate surface area is 110 Å². The fourth-order valence-electron chi connectivity index (χ4n) is 2.26. The van der Waals surface area contributed by atoms with E-state index in [1.54, 1.807) is 13.0 Å². The van der Waals surface area contributed by atoms with E-state index in [-0.39, 0.29) is 11.4 Å². The molecule has 0 radical (unpaired) electrons. The first-order valence-electron chi connectivity index (χ1n) is 5.65. The minimum absolute atomic E-state index is 0.248. The number of aliphatic carboxylic acids is 1. The van der Waals surface area contributed by atoms with Gasteiger partial charge >= 0.3 is 5.97 Å². The van der Waals surface area contributed by atoms with E-state index in [1.165, 1.54) is 11.3 Å². The Hall–Kier alpha value is -0.920. The molecule has 2 rings (SSSR count). The number of carbonyl (C=O) groups is 1. The van der Waals surface area contributed by atoms with Crippen LogP contribution in [0.15, 0.2) is 11.0 Å². The van der Waals surface area contributed by atoms with E-state index in [4.69, 9.17) is 5.11 Å². The lowest BCUT2D eigenvalue weighted by Crippen LogP contribution is -2.40. The molecule has 0 aliphatic carbocycles. The van der Waals surface area contributed by atoms with Crippen LogP contribution >= 0.6 is 11.3 Å². The lowest BCUT2D eigenvalue weighted by Gasteiger charge is -2.20. The second-order valence-corrected chi connectivity index (χ2v) is 7.71. The minimum atomic E-state index is -3.68. The molecule has 5 nitrogen and oxygen atoms in total. The first-order valence-corrected chi connectivity index (χ1v) is 7.91. The SMILES string of the molecule is Cc1cc(S(=O)(=O)N2CCC[C@H]2C(=O)O)c(C)s1. The Morgan fingerprint density at radius 1 is 1.50 bits per heavy atom. The summed E-state index contributed by atoms with van der Waals surface area (Å²) in [6, 6.07) is 0.696. The lowest BCUT2D eigenvalue weighted by atomic mass is 10.2. The normalized spacial score (nSPS) is 21.3. The summed E-state index contributed by atoms with van der Waals surface area (Å²) in [5.41, 5.74) is 0. The van der Waals surface area contributed by atoms with Gasteiger partial charge in [0, 0.05) is 16.3 Å². The number of nitrogens with zero attached hydrogens (tertiary/aromatic N) is 1. The van der Waals surface area contributed by atoms with Gasteiger partial charge in [-0.3, -0.25) is 4.79 Å². The molecule has 1 N–H and O–H groups in total. The molecule has 0 spiro atoms. The van der Waals surface area contributed by atoms with E-state index in [0.717, 1.165) is 9.18 Å². The molecule has 1 aromatic rings. The Morgan fingerprint density at radius 3 is 2.67 bits per heavy atom. The predicted octanol–water partition coefficient (Wildman–Crippen LogP) is 1.60. The number of carboxylic acid groups (broad SMARTS) is 1. The zero-order chi connectivity index (χ0) is 13.5. The maximum absolute atomic E-state index is 12.5. The third kappa shape index (κ3) is 2.17. The third-order valence-corrected chi connectivity index (χ3v) is 6.20. The number of hydrogen-bond donors (Lipinski definition) is 1. The largest absolute Gasteiger partial charge is 0.480 e. The highest BCUT2D eigenvalue weighted by Crippen LogP contribution is 2.31. The number of sulfonamides is 1. The number of carboxylic acids is 1. The van der Waals surface area contributed by atoms with Crippen molar-refractivity contribution in [1.29, 1.82) is 0 Å². The van der Waals surface area contributed by atoms with Crippen LogP contribution < -0.4 is 0 Å². The van der Waals surface area contributed by atoms with Gasteiger partial charge in [0.1, 0.15) is 6.04 Å². The van der Waals surface area contributed by atoms with Crippen molar-refractivity contribution < 1.29 is 18.3 Å².